The average Bonchev–Trinajstić information content (AvgIpc) is 2.18. The number of rotatable bonds is 3. The highest BCUT2D eigenvalue weighted by atomic mass is 16.5. The van der Waals surface area contributed by atoms with Crippen LogP contribution in [-0.4, -0.2) is 25.8 Å². The Hall–Kier alpha value is -0.340. The molecule has 1 spiro atoms. The Labute approximate surface area is 80.4 Å². The fourth-order valence-electron chi connectivity index (χ4n) is 2.62. The minimum Gasteiger partial charge on any atom is -0.381 e. The zero-order valence-corrected chi connectivity index (χ0v) is 8.22. The van der Waals surface area contributed by atoms with Crippen molar-refractivity contribution in [1.82, 2.24) is 5.32 Å². The van der Waals surface area contributed by atoms with E-state index in [1.54, 1.807) is 0 Å². The molecule has 0 amide bonds. The molecule has 1 N–H and O–H groups in total. The normalized spacial score (nSPS) is 31.2. The molecular formula is C11H19NO. The highest BCUT2D eigenvalue weighted by Crippen LogP contribution is 2.48. The second-order valence-electron chi connectivity index (χ2n) is 4.26. The molecule has 1 atom stereocenters. The van der Waals surface area contributed by atoms with Crippen LogP contribution in [0.15, 0.2) is 12.7 Å². The van der Waals surface area contributed by atoms with Crippen LogP contribution in [0.1, 0.15) is 25.7 Å². The monoisotopic (exact) mass is 181 g/mol. The van der Waals surface area contributed by atoms with Gasteiger partial charge in [-0.05, 0) is 31.1 Å². The van der Waals surface area contributed by atoms with Crippen LogP contribution in [0.4, 0.5) is 0 Å². The molecule has 1 saturated carbocycles. The summed E-state index contributed by atoms with van der Waals surface area (Å²) < 4.78 is 5.41. The van der Waals surface area contributed by atoms with Crippen LogP contribution in [0.2, 0.25) is 0 Å². The van der Waals surface area contributed by atoms with Gasteiger partial charge in [0.15, 0.2) is 0 Å². The number of nitrogens with one attached hydrogen (secondary N) is 1. The van der Waals surface area contributed by atoms with Gasteiger partial charge in [-0.2, -0.15) is 0 Å². The SMILES string of the molecule is C=CCNC1CCC12CCOCC2. The van der Waals surface area contributed by atoms with Gasteiger partial charge >= 0.3 is 0 Å². The molecule has 0 radical (unpaired) electrons. The molecule has 0 bridgehead atoms. The largest absolute Gasteiger partial charge is 0.381 e. The van der Waals surface area contributed by atoms with Gasteiger partial charge in [-0.15, -0.1) is 6.58 Å². The number of ether oxygens (including phenoxy) is 1. The zero-order chi connectivity index (χ0) is 9.15. The molecule has 0 aromatic heterocycles. The molecule has 1 aliphatic carbocycles. The molecule has 2 fully saturated rings. The van der Waals surface area contributed by atoms with E-state index in [-0.39, 0.29) is 0 Å². The van der Waals surface area contributed by atoms with E-state index in [9.17, 15) is 0 Å². The van der Waals surface area contributed by atoms with E-state index in [2.05, 4.69) is 11.9 Å². The Kier molecular flexibility index (Phi) is 2.70. The van der Waals surface area contributed by atoms with Crippen LogP contribution < -0.4 is 5.32 Å². The second kappa shape index (κ2) is 3.81. The Morgan fingerprint density at radius 2 is 2.15 bits per heavy atom. The van der Waals surface area contributed by atoms with E-state index in [0.717, 1.165) is 25.8 Å². The number of hydrogen-bond donors (Lipinski definition) is 1. The zero-order valence-electron chi connectivity index (χ0n) is 8.22. The standard InChI is InChI=1S/C11H19NO/c1-2-7-12-10-3-4-11(10)5-8-13-9-6-11/h2,10,12H,1,3-9H2. The summed E-state index contributed by atoms with van der Waals surface area (Å²) in [6, 6.07) is 0.731. The molecule has 1 saturated heterocycles. The van der Waals surface area contributed by atoms with Gasteiger partial charge in [0.2, 0.25) is 0 Å². The maximum absolute atomic E-state index is 5.41. The fourth-order valence-corrected chi connectivity index (χ4v) is 2.62. The minimum atomic E-state index is 0.585. The fraction of sp³-hybridized carbons (Fsp3) is 0.818. The summed E-state index contributed by atoms with van der Waals surface area (Å²) >= 11 is 0. The third-order valence-electron chi connectivity index (χ3n) is 3.67. The molecule has 2 heteroatoms. The summed E-state index contributed by atoms with van der Waals surface area (Å²) in [5.41, 5.74) is 0.585. The van der Waals surface area contributed by atoms with Gasteiger partial charge in [-0.3, -0.25) is 0 Å². The molecule has 0 aromatic carbocycles. The van der Waals surface area contributed by atoms with Crippen molar-refractivity contribution in [2.45, 2.75) is 31.7 Å². The van der Waals surface area contributed by atoms with E-state index in [0.29, 0.717) is 5.41 Å². The lowest BCUT2D eigenvalue weighted by Crippen LogP contribution is -2.55. The van der Waals surface area contributed by atoms with Gasteiger partial charge in [0.1, 0.15) is 0 Å². The molecule has 74 valence electrons. The van der Waals surface area contributed by atoms with Gasteiger partial charge in [-0.25, -0.2) is 0 Å². The van der Waals surface area contributed by atoms with Crippen LogP contribution in [-0.2, 0) is 4.74 Å². The molecule has 2 rings (SSSR count). The first kappa shape index (κ1) is 9.22. The van der Waals surface area contributed by atoms with Gasteiger partial charge in [-0.1, -0.05) is 6.08 Å². The Balaban J connectivity index is 1.87. The van der Waals surface area contributed by atoms with Crippen molar-refractivity contribution in [3.8, 4) is 0 Å². The van der Waals surface area contributed by atoms with E-state index < -0.39 is 0 Å². The van der Waals surface area contributed by atoms with E-state index in [1.807, 2.05) is 6.08 Å². The lowest BCUT2D eigenvalue weighted by Gasteiger charge is -2.52. The van der Waals surface area contributed by atoms with Gasteiger partial charge in [0.25, 0.3) is 0 Å². The summed E-state index contributed by atoms with van der Waals surface area (Å²) in [6.07, 6.45) is 7.19. The molecular weight excluding hydrogens is 162 g/mol. The van der Waals surface area contributed by atoms with Crippen molar-refractivity contribution in [3.63, 3.8) is 0 Å². The van der Waals surface area contributed by atoms with Gasteiger partial charge < -0.3 is 10.1 Å². The Morgan fingerprint density at radius 3 is 2.69 bits per heavy atom. The van der Waals surface area contributed by atoms with Crippen molar-refractivity contribution in [2.24, 2.45) is 5.41 Å². The Morgan fingerprint density at radius 1 is 1.38 bits per heavy atom. The van der Waals surface area contributed by atoms with Gasteiger partial charge in [0.05, 0.1) is 0 Å². The lowest BCUT2D eigenvalue weighted by molar-refractivity contribution is -0.0537. The van der Waals surface area contributed by atoms with Gasteiger partial charge in [0, 0.05) is 25.8 Å². The second-order valence-corrected chi connectivity index (χ2v) is 4.26. The molecule has 1 heterocycles. The predicted molar refractivity (Wildman–Crippen MR) is 53.7 cm³/mol. The van der Waals surface area contributed by atoms with Crippen LogP contribution in [0.5, 0.6) is 0 Å². The molecule has 13 heavy (non-hydrogen) atoms. The maximum Gasteiger partial charge on any atom is 0.0471 e. The van der Waals surface area contributed by atoms with Crippen LogP contribution in [0.3, 0.4) is 0 Å². The summed E-state index contributed by atoms with van der Waals surface area (Å²) in [5, 5.41) is 3.56. The van der Waals surface area contributed by atoms with Crippen LogP contribution in [0.25, 0.3) is 0 Å². The van der Waals surface area contributed by atoms with Crippen molar-refractivity contribution in [3.05, 3.63) is 12.7 Å². The quantitative estimate of drug-likeness (QED) is 0.669. The Bertz CT molecular complexity index is 185. The smallest absolute Gasteiger partial charge is 0.0471 e. The van der Waals surface area contributed by atoms with E-state index in [4.69, 9.17) is 4.74 Å². The number of hydrogen-bond acceptors (Lipinski definition) is 2. The summed E-state index contributed by atoms with van der Waals surface area (Å²) in [4.78, 5) is 0. The molecule has 1 aliphatic heterocycles. The summed E-state index contributed by atoms with van der Waals surface area (Å²) in [5.74, 6) is 0. The predicted octanol–water partition coefficient (Wildman–Crippen LogP) is 1.72. The van der Waals surface area contributed by atoms with Crippen molar-refractivity contribution in [1.29, 1.82) is 0 Å². The minimum absolute atomic E-state index is 0.585. The highest BCUT2D eigenvalue weighted by molar-refractivity contribution is 5.01. The lowest BCUT2D eigenvalue weighted by atomic mass is 9.60. The molecule has 0 aromatic rings. The first-order valence-corrected chi connectivity index (χ1v) is 5.29. The first-order valence-electron chi connectivity index (χ1n) is 5.29. The molecule has 2 aliphatic rings. The van der Waals surface area contributed by atoms with Crippen LogP contribution >= 0.6 is 0 Å². The van der Waals surface area contributed by atoms with Crippen molar-refractivity contribution in [2.75, 3.05) is 19.8 Å². The topological polar surface area (TPSA) is 21.3 Å². The third-order valence-corrected chi connectivity index (χ3v) is 3.67. The van der Waals surface area contributed by atoms with Crippen molar-refractivity contribution < 1.29 is 4.74 Å². The maximum atomic E-state index is 5.41. The molecule has 2 nitrogen and oxygen atoms in total. The van der Waals surface area contributed by atoms with Crippen LogP contribution in [0, 0.1) is 5.41 Å². The molecule has 1 unspecified atom stereocenters. The van der Waals surface area contributed by atoms with E-state index >= 15 is 0 Å². The van der Waals surface area contributed by atoms with E-state index in [1.165, 1.54) is 25.7 Å². The summed E-state index contributed by atoms with van der Waals surface area (Å²) in [7, 11) is 0. The van der Waals surface area contributed by atoms with Crippen molar-refractivity contribution >= 4 is 0 Å². The highest BCUT2D eigenvalue weighted by Gasteiger charge is 2.46. The summed E-state index contributed by atoms with van der Waals surface area (Å²) in [6.45, 7) is 6.62. The first-order chi connectivity index (χ1) is 6.37. The third kappa shape index (κ3) is 1.65. The average molecular weight is 181 g/mol.